The molecule has 0 aliphatic rings. The third-order valence-electron chi connectivity index (χ3n) is 1.93. The third kappa shape index (κ3) is 2.93. The molecule has 74 valence electrons. The molecule has 0 N–H and O–H groups in total. The van der Waals surface area contributed by atoms with Crippen LogP contribution in [0.2, 0.25) is 0 Å². The minimum absolute atomic E-state index is 0.465. The van der Waals surface area contributed by atoms with Crippen molar-refractivity contribution >= 4 is 17.4 Å². The smallest absolute Gasteiger partial charge is 0.140 e. The third-order valence-corrected chi connectivity index (χ3v) is 2.52. The number of pyridine rings is 1. The molecule has 0 unspecified atom stereocenters. The summed E-state index contributed by atoms with van der Waals surface area (Å²) in [7, 11) is 2.03. The Morgan fingerprint density at radius 1 is 1.57 bits per heavy atom. The molecule has 0 amide bonds. The lowest BCUT2D eigenvalue weighted by Gasteiger charge is -2.17. The van der Waals surface area contributed by atoms with Crippen LogP contribution in [0.25, 0.3) is 0 Å². The number of hydrogen-bond donors (Lipinski definition) is 0. The number of hydrogen-bond acceptors (Lipinski definition) is 4. The number of thioether (sulfide) groups is 1. The lowest BCUT2D eigenvalue weighted by molar-refractivity contribution is 0.970. The lowest BCUT2D eigenvalue weighted by atomic mass is 10.3. The molecule has 0 saturated heterocycles. The second-order valence-corrected chi connectivity index (χ2v) is 3.91. The first-order chi connectivity index (χ1) is 6.77. The van der Waals surface area contributed by atoms with Gasteiger partial charge in [0.2, 0.25) is 0 Å². The van der Waals surface area contributed by atoms with Crippen LogP contribution in [-0.2, 0) is 0 Å². The minimum Gasteiger partial charge on any atom is -0.373 e. The molecule has 4 heteroatoms. The second-order valence-electron chi connectivity index (χ2n) is 2.93. The fourth-order valence-electron chi connectivity index (χ4n) is 1.04. The van der Waals surface area contributed by atoms with Crippen molar-refractivity contribution in [3.63, 3.8) is 0 Å². The number of anilines is 1. The van der Waals surface area contributed by atoms with Gasteiger partial charge in [0.25, 0.3) is 0 Å². The van der Waals surface area contributed by atoms with Crippen LogP contribution in [0.15, 0.2) is 18.3 Å². The molecule has 0 saturated carbocycles. The summed E-state index contributed by atoms with van der Waals surface area (Å²) in [6, 6.07) is 5.67. The van der Waals surface area contributed by atoms with Gasteiger partial charge < -0.3 is 4.90 Å². The van der Waals surface area contributed by atoms with Crippen molar-refractivity contribution in [1.82, 2.24) is 4.98 Å². The summed E-state index contributed by atoms with van der Waals surface area (Å²) >= 11 is 1.82. The Bertz CT molecular complexity index is 315. The Morgan fingerprint density at radius 3 is 2.86 bits per heavy atom. The molecule has 14 heavy (non-hydrogen) atoms. The van der Waals surface area contributed by atoms with Gasteiger partial charge >= 0.3 is 0 Å². The van der Waals surface area contributed by atoms with E-state index in [1.54, 1.807) is 12.3 Å². The minimum atomic E-state index is 0.465. The molecule has 1 heterocycles. The van der Waals surface area contributed by atoms with Gasteiger partial charge in [-0.05, 0) is 18.4 Å². The van der Waals surface area contributed by atoms with Crippen LogP contribution in [0.3, 0.4) is 0 Å². The maximum Gasteiger partial charge on any atom is 0.140 e. The number of nitrogens with zero attached hydrogens (tertiary/aromatic N) is 3. The molecular formula is C10H13N3S. The zero-order valence-corrected chi connectivity index (χ0v) is 9.21. The highest BCUT2D eigenvalue weighted by Crippen LogP contribution is 2.11. The molecule has 0 bridgehead atoms. The van der Waals surface area contributed by atoms with Crippen molar-refractivity contribution in [2.45, 2.75) is 0 Å². The molecule has 1 rings (SSSR count). The maximum atomic E-state index is 8.58. The normalized spacial score (nSPS) is 9.50. The predicted molar refractivity (Wildman–Crippen MR) is 60.6 cm³/mol. The van der Waals surface area contributed by atoms with Crippen molar-refractivity contribution in [2.24, 2.45) is 0 Å². The summed E-state index contributed by atoms with van der Waals surface area (Å²) in [5.41, 5.74) is 1.52. The van der Waals surface area contributed by atoms with Crippen LogP contribution >= 0.6 is 11.8 Å². The number of nitriles is 1. The van der Waals surface area contributed by atoms with E-state index in [0.29, 0.717) is 5.69 Å². The number of aromatic nitrogens is 1. The first-order valence-electron chi connectivity index (χ1n) is 4.34. The SMILES string of the molecule is CSCCN(C)c1ccc(C#N)nc1. The van der Waals surface area contributed by atoms with Gasteiger partial charge in [-0.15, -0.1) is 0 Å². The Morgan fingerprint density at radius 2 is 2.36 bits per heavy atom. The number of rotatable bonds is 4. The highest BCUT2D eigenvalue weighted by molar-refractivity contribution is 7.98. The van der Waals surface area contributed by atoms with Gasteiger partial charge in [-0.3, -0.25) is 0 Å². The van der Waals surface area contributed by atoms with E-state index in [1.165, 1.54) is 0 Å². The molecular weight excluding hydrogens is 194 g/mol. The van der Waals surface area contributed by atoms with Gasteiger partial charge in [-0.25, -0.2) is 4.98 Å². The highest BCUT2D eigenvalue weighted by atomic mass is 32.2. The van der Waals surface area contributed by atoms with Gasteiger partial charge in [-0.2, -0.15) is 17.0 Å². The summed E-state index contributed by atoms with van der Waals surface area (Å²) in [6.45, 7) is 0.995. The highest BCUT2D eigenvalue weighted by Gasteiger charge is 2.00. The van der Waals surface area contributed by atoms with Gasteiger partial charge in [0.05, 0.1) is 11.9 Å². The Kier molecular flexibility index (Phi) is 4.27. The molecule has 0 aliphatic heterocycles. The summed E-state index contributed by atoms with van der Waals surface area (Å²) < 4.78 is 0. The molecule has 3 nitrogen and oxygen atoms in total. The van der Waals surface area contributed by atoms with Crippen molar-refractivity contribution in [3.8, 4) is 6.07 Å². The van der Waals surface area contributed by atoms with E-state index in [1.807, 2.05) is 30.9 Å². The van der Waals surface area contributed by atoms with Gasteiger partial charge in [-0.1, -0.05) is 0 Å². The standard InChI is InChI=1S/C10H13N3S/c1-13(5-6-14-2)10-4-3-9(7-11)12-8-10/h3-4,8H,5-6H2,1-2H3. The van der Waals surface area contributed by atoms with Crippen LogP contribution in [0.5, 0.6) is 0 Å². The van der Waals surface area contributed by atoms with Crippen molar-refractivity contribution < 1.29 is 0 Å². The van der Waals surface area contributed by atoms with Gasteiger partial charge in [0.15, 0.2) is 0 Å². The summed E-state index contributed by atoms with van der Waals surface area (Å²) in [6.07, 6.45) is 3.82. The van der Waals surface area contributed by atoms with E-state index >= 15 is 0 Å². The molecule has 1 aromatic heterocycles. The average molecular weight is 207 g/mol. The van der Waals surface area contributed by atoms with E-state index in [4.69, 9.17) is 5.26 Å². The van der Waals surface area contributed by atoms with Gasteiger partial charge in [0, 0.05) is 19.3 Å². The van der Waals surface area contributed by atoms with E-state index in [-0.39, 0.29) is 0 Å². The largest absolute Gasteiger partial charge is 0.373 e. The topological polar surface area (TPSA) is 39.9 Å². The molecule has 0 spiro atoms. The van der Waals surface area contributed by atoms with Crippen molar-refractivity contribution in [1.29, 1.82) is 5.26 Å². The molecule has 0 atom stereocenters. The predicted octanol–water partition coefficient (Wildman–Crippen LogP) is 1.75. The average Bonchev–Trinajstić information content (AvgIpc) is 2.26. The molecule has 0 aromatic carbocycles. The first-order valence-corrected chi connectivity index (χ1v) is 5.73. The summed E-state index contributed by atoms with van der Waals surface area (Å²) in [4.78, 5) is 6.15. The Labute approximate surface area is 88.8 Å². The molecule has 0 fully saturated rings. The zero-order chi connectivity index (χ0) is 10.4. The molecule has 0 radical (unpaired) electrons. The maximum absolute atomic E-state index is 8.58. The van der Waals surface area contributed by atoms with E-state index in [0.717, 1.165) is 18.0 Å². The monoisotopic (exact) mass is 207 g/mol. The first kappa shape index (κ1) is 10.9. The Hall–Kier alpha value is -1.21. The van der Waals surface area contributed by atoms with Crippen LogP contribution in [0.1, 0.15) is 5.69 Å². The van der Waals surface area contributed by atoms with E-state index in [2.05, 4.69) is 16.1 Å². The van der Waals surface area contributed by atoms with Gasteiger partial charge in [0.1, 0.15) is 11.8 Å². The zero-order valence-electron chi connectivity index (χ0n) is 8.40. The van der Waals surface area contributed by atoms with E-state index < -0.39 is 0 Å². The van der Waals surface area contributed by atoms with Crippen LogP contribution < -0.4 is 4.90 Å². The summed E-state index contributed by atoms with van der Waals surface area (Å²) in [5.74, 6) is 1.09. The van der Waals surface area contributed by atoms with Crippen LogP contribution in [0, 0.1) is 11.3 Å². The summed E-state index contributed by atoms with van der Waals surface area (Å²) in [5, 5.41) is 8.58. The Balaban J connectivity index is 2.63. The van der Waals surface area contributed by atoms with Crippen LogP contribution in [0.4, 0.5) is 5.69 Å². The molecule has 0 aliphatic carbocycles. The second kappa shape index (κ2) is 5.51. The van der Waals surface area contributed by atoms with Crippen molar-refractivity contribution in [2.75, 3.05) is 30.5 Å². The molecule has 1 aromatic rings. The van der Waals surface area contributed by atoms with E-state index in [9.17, 15) is 0 Å². The lowest BCUT2D eigenvalue weighted by Crippen LogP contribution is -2.20. The quantitative estimate of drug-likeness (QED) is 0.754. The van der Waals surface area contributed by atoms with Crippen molar-refractivity contribution in [3.05, 3.63) is 24.0 Å². The van der Waals surface area contributed by atoms with Crippen LogP contribution in [-0.4, -0.2) is 30.6 Å². The fourth-order valence-corrected chi connectivity index (χ4v) is 1.49. The fraction of sp³-hybridized carbons (Fsp3) is 0.400.